The molecule has 0 bridgehead atoms. The summed E-state index contributed by atoms with van der Waals surface area (Å²) in [5, 5.41) is 7.14. The third-order valence-electron chi connectivity index (χ3n) is 4.58. The van der Waals surface area contributed by atoms with Crippen LogP contribution in [0.15, 0.2) is 18.2 Å². The lowest BCUT2D eigenvalue weighted by molar-refractivity contribution is -0.124. The number of hydrogen-bond donors (Lipinski definition) is 2. The number of anilines is 1. The van der Waals surface area contributed by atoms with Crippen LogP contribution < -0.4 is 15.5 Å². The van der Waals surface area contributed by atoms with Gasteiger partial charge in [0, 0.05) is 42.8 Å². The molecule has 0 radical (unpaired) electrons. The van der Waals surface area contributed by atoms with Gasteiger partial charge in [0.05, 0.1) is 0 Å². The average molecular weight is 308 g/mol. The van der Waals surface area contributed by atoms with Crippen molar-refractivity contribution < 1.29 is 4.79 Å². The Bertz CT molecular complexity index is 534. The van der Waals surface area contributed by atoms with Crippen molar-refractivity contribution in [3.63, 3.8) is 0 Å². The number of benzene rings is 1. The van der Waals surface area contributed by atoms with Crippen molar-refractivity contribution in [2.24, 2.45) is 5.92 Å². The van der Waals surface area contributed by atoms with Crippen LogP contribution in [0.1, 0.15) is 24.8 Å². The van der Waals surface area contributed by atoms with E-state index in [4.69, 9.17) is 11.6 Å². The van der Waals surface area contributed by atoms with Gasteiger partial charge < -0.3 is 15.5 Å². The highest BCUT2D eigenvalue weighted by Gasteiger charge is 2.34. The lowest BCUT2D eigenvalue weighted by Gasteiger charge is -2.43. The number of carbonyl (C=O) groups is 1. The van der Waals surface area contributed by atoms with Gasteiger partial charge in [-0.2, -0.15) is 0 Å². The first-order valence-electron chi connectivity index (χ1n) is 7.64. The fourth-order valence-electron chi connectivity index (χ4n) is 3.50. The summed E-state index contributed by atoms with van der Waals surface area (Å²) in [7, 11) is 1.96. The molecule has 2 aliphatic rings. The molecule has 1 aromatic rings. The molecule has 0 aliphatic carbocycles. The zero-order chi connectivity index (χ0) is 14.8. The molecule has 2 fully saturated rings. The number of rotatable bonds is 3. The summed E-state index contributed by atoms with van der Waals surface area (Å²) >= 11 is 6.19. The van der Waals surface area contributed by atoms with Crippen LogP contribution >= 0.6 is 11.6 Å². The number of piperidine rings is 2. The van der Waals surface area contributed by atoms with E-state index in [1.54, 1.807) is 0 Å². The Morgan fingerprint density at radius 2 is 2.29 bits per heavy atom. The van der Waals surface area contributed by atoms with Gasteiger partial charge in [-0.1, -0.05) is 17.7 Å². The van der Waals surface area contributed by atoms with Gasteiger partial charge in [-0.15, -0.1) is 0 Å². The zero-order valence-electron chi connectivity index (χ0n) is 12.4. The van der Waals surface area contributed by atoms with Gasteiger partial charge in [0.15, 0.2) is 0 Å². The van der Waals surface area contributed by atoms with E-state index >= 15 is 0 Å². The number of carbonyl (C=O) groups excluding carboxylic acids is 1. The quantitative estimate of drug-likeness (QED) is 0.899. The normalized spacial score (nSPS) is 25.4. The summed E-state index contributed by atoms with van der Waals surface area (Å²) in [6.45, 7) is 2.81. The van der Waals surface area contributed by atoms with Gasteiger partial charge in [-0.05, 0) is 43.5 Å². The molecular formula is C16H22ClN3O. The Balaban J connectivity index is 1.79. The minimum absolute atomic E-state index is 0.211. The van der Waals surface area contributed by atoms with Gasteiger partial charge in [0.2, 0.25) is 5.91 Å². The first kappa shape index (κ1) is 14.7. The van der Waals surface area contributed by atoms with E-state index < -0.39 is 0 Å². The molecule has 2 unspecified atom stereocenters. The topological polar surface area (TPSA) is 44.4 Å². The minimum atomic E-state index is 0.211. The zero-order valence-corrected chi connectivity index (χ0v) is 13.1. The van der Waals surface area contributed by atoms with Gasteiger partial charge in [0.1, 0.15) is 0 Å². The molecule has 3 rings (SSSR count). The number of fused-ring (bicyclic) bond motifs is 1. The van der Waals surface area contributed by atoms with Crippen LogP contribution in [0.5, 0.6) is 0 Å². The molecule has 2 heterocycles. The second kappa shape index (κ2) is 6.24. The standard InChI is InChI=1S/C16H22ClN3O/c1-18-9-11-2-4-13(17)8-15(11)20-7-6-14-12(10-20)3-5-16(21)19-14/h2,4,8,12,14,18H,3,5-7,9-10H2,1H3,(H,19,21). The highest BCUT2D eigenvalue weighted by atomic mass is 35.5. The molecular weight excluding hydrogens is 286 g/mol. The van der Waals surface area contributed by atoms with Crippen LogP contribution in [0.4, 0.5) is 5.69 Å². The van der Waals surface area contributed by atoms with Gasteiger partial charge >= 0.3 is 0 Å². The number of amides is 1. The van der Waals surface area contributed by atoms with E-state index in [2.05, 4.69) is 27.7 Å². The second-order valence-electron chi connectivity index (χ2n) is 6.01. The van der Waals surface area contributed by atoms with Crippen LogP contribution in [0.3, 0.4) is 0 Å². The van der Waals surface area contributed by atoms with Crippen LogP contribution in [0.25, 0.3) is 0 Å². The van der Waals surface area contributed by atoms with Crippen molar-refractivity contribution in [2.45, 2.75) is 31.8 Å². The van der Waals surface area contributed by atoms with Crippen molar-refractivity contribution in [3.8, 4) is 0 Å². The first-order chi connectivity index (χ1) is 10.2. The Kier molecular flexibility index (Phi) is 4.36. The maximum absolute atomic E-state index is 11.5. The summed E-state index contributed by atoms with van der Waals surface area (Å²) in [5.74, 6) is 0.765. The fourth-order valence-corrected chi connectivity index (χ4v) is 3.67. The monoisotopic (exact) mass is 307 g/mol. The van der Waals surface area contributed by atoms with Crippen molar-refractivity contribution >= 4 is 23.2 Å². The molecule has 21 heavy (non-hydrogen) atoms. The van der Waals surface area contributed by atoms with Crippen LogP contribution in [0, 0.1) is 5.92 Å². The molecule has 114 valence electrons. The number of nitrogens with zero attached hydrogens (tertiary/aromatic N) is 1. The summed E-state index contributed by atoms with van der Waals surface area (Å²) in [4.78, 5) is 13.9. The Labute approximate surface area is 130 Å². The maximum atomic E-state index is 11.5. The Morgan fingerprint density at radius 3 is 3.10 bits per heavy atom. The number of halogens is 1. The van der Waals surface area contributed by atoms with Crippen molar-refractivity contribution in [2.75, 3.05) is 25.0 Å². The Morgan fingerprint density at radius 1 is 1.43 bits per heavy atom. The third-order valence-corrected chi connectivity index (χ3v) is 4.81. The van der Waals surface area contributed by atoms with E-state index in [1.807, 2.05) is 13.1 Å². The summed E-state index contributed by atoms with van der Waals surface area (Å²) in [6, 6.07) is 6.47. The lowest BCUT2D eigenvalue weighted by atomic mass is 9.85. The summed E-state index contributed by atoms with van der Waals surface area (Å²) < 4.78 is 0. The fraction of sp³-hybridized carbons (Fsp3) is 0.562. The Hall–Kier alpha value is -1.26. The molecule has 2 saturated heterocycles. The maximum Gasteiger partial charge on any atom is 0.220 e. The lowest BCUT2D eigenvalue weighted by Crippen LogP contribution is -2.54. The van der Waals surface area contributed by atoms with Crippen molar-refractivity contribution in [3.05, 3.63) is 28.8 Å². The minimum Gasteiger partial charge on any atom is -0.371 e. The SMILES string of the molecule is CNCc1ccc(Cl)cc1N1CCC2NC(=O)CCC2C1. The molecule has 1 amide bonds. The van der Waals surface area contributed by atoms with Gasteiger partial charge in [0.25, 0.3) is 0 Å². The smallest absolute Gasteiger partial charge is 0.220 e. The van der Waals surface area contributed by atoms with Gasteiger partial charge in [-0.25, -0.2) is 0 Å². The highest BCUT2D eigenvalue weighted by molar-refractivity contribution is 6.30. The van der Waals surface area contributed by atoms with E-state index in [0.29, 0.717) is 18.4 Å². The van der Waals surface area contributed by atoms with Crippen molar-refractivity contribution in [1.29, 1.82) is 0 Å². The molecule has 5 heteroatoms. The molecule has 0 saturated carbocycles. The second-order valence-corrected chi connectivity index (χ2v) is 6.45. The molecule has 0 spiro atoms. The molecule has 1 aromatic carbocycles. The summed E-state index contributed by atoms with van der Waals surface area (Å²) in [5.41, 5.74) is 2.51. The van der Waals surface area contributed by atoms with E-state index in [0.717, 1.165) is 37.5 Å². The number of nitrogens with one attached hydrogen (secondary N) is 2. The van der Waals surface area contributed by atoms with E-state index in [-0.39, 0.29) is 5.91 Å². The van der Waals surface area contributed by atoms with Crippen molar-refractivity contribution in [1.82, 2.24) is 10.6 Å². The predicted molar refractivity (Wildman–Crippen MR) is 85.7 cm³/mol. The highest BCUT2D eigenvalue weighted by Crippen LogP contribution is 2.32. The van der Waals surface area contributed by atoms with E-state index in [9.17, 15) is 4.79 Å². The van der Waals surface area contributed by atoms with Crippen LogP contribution in [-0.4, -0.2) is 32.1 Å². The average Bonchev–Trinajstić information content (AvgIpc) is 2.49. The predicted octanol–water partition coefficient (Wildman–Crippen LogP) is 2.16. The van der Waals surface area contributed by atoms with E-state index in [1.165, 1.54) is 11.3 Å². The molecule has 2 aliphatic heterocycles. The molecule has 4 nitrogen and oxygen atoms in total. The largest absolute Gasteiger partial charge is 0.371 e. The van der Waals surface area contributed by atoms with Gasteiger partial charge in [-0.3, -0.25) is 4.79 Å². The molecule has 2 atom stereocenters. The third kappa shape index (κ3) is 3.16. The number of hydrogen-bond acceptors (Lipinski definition) is 3. The first-order valence-corrected chi connectivity index (χ1v) is 8.02. The van der Waals surface area contributed by atoms with Crippen LogP contribution in [0.2, 0.25) is 5.02 Å². The summed E-state index contributed by atoms with van der Waals surface area (Å²) in [6.07, 6.45) is 2.67. The molecule has 0 aromatic heterocycles. The van der Waals surface area contributed by atoms with Crippen LogP contribution in [-0.2, 0) is 11.3 Å². The molecule has 2 N–H and O–H groups in total.